The lowest BCUT2D eigenvalue weighted by molar-refractivity contribution is 0.179. The molecule has 1 aromatic heterocycles. The molecule has 0 aromatic carbocycles. The van der Waals surface area contributed by atoms with E-state index in [0.29, 0.717) is 12.0 Å². The zero-order valence-corrected chi connectivity index (χ0v) is 11.8. The van der Waals surface area contributed by atoms with Gasteiger partial charge in [0.1, 0.15) is 0 Å². The lowest BCUT2D eigenvalue weighted by atomic mass is 10.0. The van der Waals surface area contributed by atoms with Gasteiger partial charge in [0.05, 0.1) is 11.6 Å². The van der Waals surface area contributed by atoms with Crippen LogP contribution < -0.4 is 5.32 Å². The maximum atomic E-state index is 5.51. The Balaban J connectivity index is 1.84. The van der Waals surface area contributed by atoms with Crippen molar-refractivity contribution >= 4 is 11.8 Å². The van der Waals surface area contributed by atoms with Crippen LogP contribution in [0.1, 0.15) is 19.8 Å². The van der Waals surface area contributed by atoms with Crippen LogP contribution >= 0.6 is 11.8 Å². The first kappa shape index (κ1) is 13.8. The monoisotopic (exact) mass is 266 g/mol. The minimum absolute atomic E-state index is 0.541. The average molecular weight is 266 g/mol. The van der Waals surface area contributed by atoms with Gasteiger partial charge in [-0.15, -0.1) is 11.8 Å². The standard InChI is InChI=1S/C14H22N2OS/c1-2-7-15-13(12-6-9-17-10-12)11-18-14-5-3-4-8-16-14/h3-5,8,12-13,15H,2,6-7,9-11H2,1H3. The molecule has 2 unspecified atom stereocenters. The van der Waals surface area contributed by atoms with E-state index in [4.69, 9.17) is 4.74 Å². The molecule has 3 nitrogen and oxygen atoms in total. The lowest BCUT2D eigenvalue weighted by Gasteiger charge is -2.23. The van der Waals surface area contributed by atoms with Gasteiger partial charge in [-0.1, -0.05) is 13.0 Å². The summed E-state index contributed by atoms with van der Waals surface area (Å²) in [5, 5.41) is 4.76. The molecule has 18 heavy (non-hydrogen) atoms. The van der Waals surface area contributed by atoms with Crippen molar-refractivity contribution in [3.05, 3.63) is 24.4 Å². The number of thioether (sulfide) groups is 1. The first-order valence-corrected chi connectivity index (χ1v) is 7.73. The summed E-state index contributed by atoms with van der Waals surface area (Å²) in [7, 11) is 0. The van der Waals surface area contributed by atoms with E-state index in [2.05, 4.69) is 23.3 Å². The molecule has 2 atom stereocenters. The summed E-state index contributed by atoms with van der Waals surface area (Å²) in [6.45, 7) is 5.12. The minimum Gasteiger partial charge on any atom is -0.381 e. The molecule has 2 heterocycles. The molecule has 100 valence electrons. The van der Waals surface area contributed by atoms with E-state index in [9.17, 15) is 0 Å². The molecule has 1 aliphatic rings. The molecular formula is C14H22N2OS. The fourth-order valence-corrected chi connectivity index (χ4v) is 3.22. The summed E-state index contributed by atoms with van der Waals surface area (Å²) in [6, 6.07) is 6.62. The summed E-state index contributed by atoms with van der Waals surface area (Å²) >= 11 is 1.84. The second-order valence-corrected chi connectivity index (χ2v) is 5.70. The molecule has 0 amide bonds. The maximum Gasteiger partial charge on any atom is 0.0960 e. The number of aromatic nitrogens is 1. The summed E-state index contributed by atoms with van der Waals surface area (Å²) < 4.78 is 5.51. The van der Waals surface area contributed by atoms with Crippen LogP contribution in [0.15, 0.2) is 29.4 Å². The first-order chi connectivity index (χ1) is 8.90. The topological polar surface area (TPSA) is 34.2 Å². The molecule has 0 spiro atoms. The van der Waals surface area contributed by atoms with Crippen molar-refractivity contribution in [2.75, 3.05) is 25.5 Å². The number of pyridine rings is 1. The molecule has 0 radical (unpaired) electrons. The van der Waals surface area contributed by atoms with Crippen molar-refractivity contribution in [1.29, 1.82) is 0 Å². The minimum atomic E-state index is 0.541. The molecule has 1 aromatic rings. The molecule has 1 saturated heterocycles. The number of nitrogens with one attached hydrogen (secondary N) is 1. The van der Waals surface area contributed by atoms with E-state index in [1.807, 2.05) is 30.1 Å². The van der Waals surface area contributed by atoms with Crippen molar-refractivity contribution < 1.29 is 4.74 Å². The fourth-order valence-electron chi connectivity index (χ4n) is 2.17. The van der Waals surface area contributed by atoms with Crippen LogP contribution in [0.4, 0.5) is 0 Å². The van der Waals surface area contributed by atoms with Crippen LogP contribution in [0.2, 0.25) is 0 Å². The highest BCUT2D eigenvalue weighted by Gasteiger charge is 2.25. The SMILES string of the molecule is CCCNC(CSc1ccccn1)C1CCOC1. The van der Waals surface area contributed by atoms with E-state index in [1.54, 1.807) is 0 Å². The molecule has 0 aliphatic carbocycles. The van der Waals surface area contributed by atoms with Gasteiger partial charge in [0.15, 0.2) is 0 Å². The molecular weight excluding hydrogens is 244 g/mol. The van der Waals surface area contributed by atoms with Gasteiger partial charge in [0.25, 0.3) is 0 Å². The second-order valence-electron chi connectivity index (χ2n) is 4.66. The number of ether oxygens (including phenoxy) is 1. The normalized spacial score (nSPS) is 21.1. The Morgan fingerprint density at radius 3 is 3.17 bits per heavy atom. The quantitative estimate of drug-likeness (QED) is 0.769. The van der Waals surface area contributed by atoms with Gasteiger partial charge in [-0.3, -0.25) is 0 Å². The van der Waals surface area contributed by atoms with Gasteiger partial charge in [0, 0.05) is 30.5 Å². The molecule has 0 bridgehead atoms. The van der Waals surface area contributed by atoms with Crippen molar-refractivity contribution in [3.63, 3.8) is 0 Å². The van der Waals surface area contributed by atoms with E-state index >= 15 is 0 Å². The van der Waals surface area contributed by atoms with Gasteiger partial charge in [-0.05, 0) is 31.5 Å². The van der Waals surface area contributed by atoms with Crippen LogP contribution in [-0.2, 0) is 4.74 Å². The maximum absolute atomic E-state index is 5.51. The second kappa shape index (κ2) is 7.77. The smallest absolute Gasteiger partial charge is 0.0960 e. The van der Waals surface area contributed by atoms with Crippen molar-refractivity contribution in [1.82, 2.24) is 10.3 Å². The first-order valence-electron chi connectivity index (χ1n) is 6.75. The van der Waals surface area contributed by atoms with Gasteiger partial charge >= 0.3 is 0 Å². The Bertz CT molecular complexity index is 328. The van der Waals surface area contributed by atoms with E-state index in [0.717, 1.165) is 30.5 Å². The Labute approximate surface area is 114 Å². The van der Waals surface area contributed by atoms with E-state index < -0.39 is 0 Å². The molecule has 4 heteroatoms. The van der Waals surface area contributed by atoms with Crippen molar-refractivity contribution in [2.24, 2.45) is 5.92 Å². The molecule has 1 aliphatic heterocycles. The summed E-state index contributed by atoms with van der Waals surface area (Å²) in [4.78, 5) is 4.36. The number of nitrogens with zero attached hydrogens (tertiary/aromatic N) is 1. The van der Waals surface area contributed by atoms with Crippen LogP contribution in [0.3, 0.4) is 0 Å². The summed E-state index contributed by atoms with van der Waals surface area (Å²) in [6.07, 6.45) is 4.22. The Hall–Kier alpha value is -0.580. The molecule has 2 rings (SSSR count). The number of hydrogen-bond acceptors (Lipinski definition) is 4. The third-order valence-electron chi connectivity index (χ3n) is 3.24. The number of rotatable bonds is 7. The lowest BCUT2D eigenvalue weighted by Crippen LogP contribution is -2.39. The van der Waals surface area contributed by atoms with Gasteiger partial charge in [0.2, 0.25) is 0 Å². The fraction of sp³-hybridized carbons (Fsp3) is 0.643. The zero-order chi connectivity index (χ0) is 12.6. The van der Waals surface area contributed by atoms with Crippen molar-refractivity contribution in [3.8, 4) is 0 Å². The highest BCUT2D eigenvalue weighted by molar-refractivity contribution is 7.99. The largest absolute Gasteiger partial charge is 0.381 e. The zero-order valence-electron chi connectivity index (χ0n) is 11.0. The van der Waals surface area contributed by atoms with Gasteiger partial charge < -0.3 is 10.1 Å². The van der Waals surface area contributed by atoms with Gasteiger partial charge in [-0.2, -0.15) is 0 Å². The van der Waals surface area contributed by atoms with Crippen LogP contribution in [0.5, 0.6) is 0 Å². The predicted octanol–water partition coefficient (Wildman–Crippen LogP) is 2.58. The highest BCUT2D eigenvalue weighted by atomic mass is 32.2. The Kier molecular flexibility index (Phi) is 5.97. The van der Waals surface area contributed by atoms with Gasteiger partial charge in [-0.25, -0.2) is 4.98 Å². The Morgan fingerprint density at radius 2 is 2.50 bits per heavy atom. The summed E-state index contributed by atoms with van der Waals surface area (Å²) in [5.74, 6) is 1.73. The Morgan fingerprint density at radius 1 is 1.56 bits per heavy atom. The average Bonchev–Trinajstić information content (AvgIpc) is 2.94. The number of hydrogen-bond donors (Lipinski definition) is 1. The molecule has 0 saturated carbocycles. The highest BCUT2D eigenvalue weighted by Crippen LogP contribution is 2.23. The predicted molar refractivity (Wildman–Crippen MR) is 76.0 cm³/mol. The third-order valence-corrected chi connectivity index (χ3v) is 4.30. The third kappa shape index (κ3) is 4.26. The molecule has 1 fully saturated rings. The van der Waals surface area contributed by atoms with E-state index in [-0.39, 0.29) is 0 Å². The molecule has 1 N–H and O–H groups in total. The van der Waals surface area contributed by atoms with E-state index in [1.165, 1.54) is 12.8 Å². The van der Waals surface area contributed by atoms with Crippen LogP contribution in [0, 0.1) is 5.92 Å². The van der Waals surface area contributed by atoms with Crippen LogP contribution in [0.25, 0.3) is 0 Å². The van der Waals surface area contributed by atoms with Crippen molar-refractivity contribution in [2.45, 2.75) is 30.8 Å². The summed E-state index contributed by atoms with van der Waals surface area (Å²) in [5.41, 5.74) is 0. The van der Waals surface area contributed by atoms with Crippen LogP contribution in [-0.4, -0.2) is 36.5 Å².